The number of aromatic nitrogens is 4. The molecule has 0 saturated carbocycles. The van der Waals surface area contributed by atoms with E-state index in [4.69, 9.17) is 15.0 Å². The van der Waals surface area contributed by atoms with Crippen LogP contribution < -0.4 is 15.8 Å². The predicted octanol–water partition coefficient (Wildman–Crippen LogP) is 2.61. The average molecular weight is 404 g/mol. The minimum absolute atomic E-state index is 0.239. The van der Waals surface area contributed by atoms with Crippen LogP contribution in [0.3, 0.4) is 0 Å². The van der Waals surface area contributed by atoms with Gasteiger partial charge in [-0.3, -0.25) is 14.3 Å². The van der Waals surface area contributed by atoms with Crippen LogP contribution in [0.15, 0.2) is 65.3 Å². The second-order valence-corrected chi connectivity index (χ2v) is 6.27. The number of rotatable bonds is 6. The van der Waals surface area contributed by atoms with E-state index in [1.54, 1.807) is 72.5 Å². The Bertz CT molecular complexity index is 1210. The first kappa shape index (κ1) is 18.9. The summed E-state index contributed by atoms with van der Waals surface area (Å²) in [7, 11) is 1.77. The molecule has 0 saturated heterocycles. The molecule has 0 radical (unpaired) electrons. The van der Waals surface area contributed by atoms with E-state index in [9.17, 15) is 9.59 Å². The number of benzene rings is 2. The molecule has 3 N–H and O–H groups in total. The van der Waals surface area contributed by atoms with Crippen molar-refractivity contribution in [2.45, 2.75) is 0 Å². The first-order chi connectivity index (χ1) is 14.5. The quantitative estimate of drug-likeness (QED) is 0.504. The number of anilines is 1. The van der Waals surface area contributed by atoms with Gasteiger partial charge in [-0.15, -0.1) is 0 Å². The predicted molar refractivity (Wildman–Crippen MR) is 106 cm³/mol. The molecule has 4 rings (SSSR count). The van der Waals surface area contributed by atoms with Crippen molar-refractivity contribution in [2.75, 3.05) is 5.32 Å². The van der Waals surface area contributed by atoms with E-state index in [1.807, 2.05) is 0 Å². The molecule has 0 aliphatic rings. The van der Waals surface area contributed by atoms with Crippen molar-refractivity contribution in [1.82, 2.24) is 19.9 Å². The van der Waals surface area contributed by atoms with Gasteiger partial charge in [0.1, 0.15) is 11.5 Å². The fourth-order valence-corrected chi connectivity index (χ4v) is 2.62. The van der Waals surface area contributed by atoms with Crippen LogP contribution in [0.5, 0.6) is 11.5 Å². The summed E-state index contributed by atoms with van der Waals surface area (Å²) in [5.74, 6) is 0.393. The summed E-state index contributed by atoms with van der Waals surface area (Å²) in [6, 6.07) is 15.3. The van der Waals surface area contributed by atoms with Crippen molar-refractivity contribution in [2.24, 2.45) is 12.8 Å². The molecule has 0 aliphatic heterocycles. The molecule has 0 spiro atoms. The molecule has 0 unspecified atom stereocenters. The van der Waals surface area contributed by atoms with E-state index < -0.39 is 5.91 Å². The lowest BCUT2D eigenvalue weighted by atomic mass is 10.2. The molecule has 2 heterocycles. The highest BCUT2D eigenvalue weighted by molar-refractivity contribution is 6.04. The van der Waals surface area contributed by atoms with Gasteiger partial charge in [0, 0.05) is 30.4 Å². The minimum atomic E-state index is -0.791. The molecule has 150 valence electrons. The van der Waals surface area contributed by atoms with Gasteiger partial charge >= 0.3 is 11.8 Å². The molecule has 10 heteroatoms. The van der Waals surface area contributed by atoms with Gasteiger partial charge in [-0.25, -0.2) is 0 Å². The Morgan fingerprint density at radius 2 is 1.90 bits per heavy atom. The second-order valence-electron chi connectivity index (χ2n) is 6.27. The third kappa shape index (κ3) is 4.17. The number of primary amides is 1. The van der Waals surface area contributed by atoms with Crippen LogP contribution in [0, 0.1) is 0 Å². The maximum absolute atomic E-state index is 12.4. The number of amides is 2. The normalized spacial score (nSPS) is 10.6. The number of hydrogen-bond donors (Lipinski definition) is 2. The molecule has 0 atom stereocenters. The molecule has 0 aliphatic carbocycles. The maximum atomic E-state index is 12.4. The number of aryl methyl sites for hydroxylation is 1. The Balaban J connectivity index is 1.45. The standard InChI is InChI=1S/C20H16N6O4/c1-26-10-9-16(24-26)22-19(28)13-3-2-4-15(11-13)29-14-7-5-12(6-8-14)18-23-20(17(21)27)30-25-18/h2-11H,1H3,(H2,21,27)(H,22,24,28). The summed E-state index contributed by atoms with van der Waals surface area (Å²) in [6.07, 6.45) is 1.74. The van der Waals surface area contributed by atoms with Crippen molar-refractivity contribution >= 4 is 17.6 Å². The van der Waals surface area contributed by atoms with Gasteiger partial charge in [-0.2, -0.15) is 10.1 Å². The largest absolute Gasteiger partial charge is 0.457 e. The van der Waals surface area contributed by atoms with Gasteiger partial charge in [-0.1, -0.05) is 11.2 Å². The molecular formula is C20H16N6O4. The molecule has 2 amide bonds. The van der Waals surface area contributed by atoms with Crippen molar-refractivity contribution in [3.63, 3.8) is 0 Å². The summed E-state index contributed by atoms with van der Waals surface area (Å²) in [5, 5.41) is 10.6. The van der Waals surface area contributed by atoms with Crippen LogP contribution in [-0.2, 0) is 7.05 Å². The number of nitrogens with zero attached hydrogens (tertiary/aromatic N) is 4. The third-order valence-electron chi connectivity index (χ3n) is 4.04. The van der Waals surface area contributed by atoms with Crippen molar-refractivity contribution in [3.8, 4) is 22.9 Å². The van der Waals surface area contributed by atoms with Crippen LogP contribution in [-0.4, -0.2) is 31.7 Å². The van der Waals surface area contributed by atoms with Crippen molar-refractivity contribution < 1.29 is 18.8 Å². The molecule has 2 aromatic heterocycles. The van der Waals surface area contributed by atoms with Gasteiger partial charge in [-0.05, 0) is 42.5 Å². The monoisotopic (exact) mass is 404 g/mol. The fourth-order valence-electron chi connectivity index (χ4n) is 2.62. The van der Waals surface area contributed by atoms with Crippen LogP contribution in [0.25, 0.3) is 11.4 Å². The lowest BCUT2D eigenvalue weighted by molar-refractivity contribution is 0.0957. The van der Waals surface area contributed by atoms with Gasteiger partial charge < -0.3 is 20.3 Å². The van der Waals surface area contributed by atoms with Gasteiger partial charge in [0.05, 0.1) is 0 Å². The maximum Gasteiger partial charge on any atom is 0.316 e. The SMILES string of the molecule is Cn1ccc(NC(=O)c2cccc(Oc3ccc(-c4noc(C(N)=O)n4)cc3)c2)n1. The number of ether oxygens (including phenoxy) is 1. The summed E-state index contributed by atoms with van der Waals surface area (Å²) in [4.78, 5) is 27.4. The van der Waals surface area contributed by atoms with Gasteiger partial charge in [0.2, 0.25) is 5.82 Å². The van der Waals surface area contributed by atoms with Crippen LogP contribution in [0.4, 0.5) is 5.82 Å². The summed E-state index contributed by atoms with van der Waals surface area (Å²) in [5.41, 5.74) is 6.16. The number of nitrogens with two attached hydrogens (primary N) is 1. The Labute approximate surface area is 170 Å². The van der Waals surface area contributed by atoms with Crippen molar-refractivity contribution in [1.29, 1.82) is 0 Å². The smallest absolute Gasteiger partial charge is 0.316 e. The average Bonchev–Trinajstić information content (AvgIpc) is 3.38. The molecule has 2 aromatic carbocycles. The Kier molecular flexibility index (Phi) is 4.95. The topological polar surface area (TPSA) is 138 Å². The zero-order valence-corrected chi connectivity index (χ0v) is 15.8. The summed E-state index contributed by atoms with van der Waals surface area (Å²) < 4.78 is 12.2. The first-order valence-corrected chi connectivity index (χ1v) is 8.81. The lowest BCUT2D eigenvalue weighted by Gasteiger charge is -2.08. The highest BCUT2D eigenvalue weighted by Gasteiger charge is 2.13. The Hall–Kier alpha value is -4.47. The van der Waals surface area contributed by atoms with E-state index in [2.05, 4.69) is 20.6 Å². The Morgan fingerprint density at radius 3 is 2.57 bits per heavy atom. The minimum Gasteiger partial charge on any atom is -0.457 e. The highest BCUT2D eigenvalue weighted by Crippen LogP contribution is 2.25. The fraction of sp³-hybridized carbons (Fsp3) is 0.0500. The van der Waals surface area contributed by atoms with Crippen LogP contribution in [0.1, 0.15) is 21.0 Å². The third-order valence-corrected chi connectivity index (χ3v) is 4.04. The Morgan fingerprint density at radius 1 is 1.10 bits per heavy atom. The van der Waals surface area contributed by atoms with E-state index in [-0.39, 0.29) is 17.6 Å². The number of carbonyl (C=O) groups is 2. The lowest BCUT2D eigenvalue weighted by Crippen LogP contribution is -2.12. The van der Waals surface area contributed by atoms with Gasteiger partial charge in [0.25, 0.3) is 5.91 Å². The summed E-state index contributed by atoms with van der Waals surface area (Å²) >= 11 is 0. The van der Waals surface area contributed by atoms with E-state index >= 15 is 0 Å². The van der Waals surface area contributed by atoms with E-state index in [1.165, 1.54) is 0 Å². The van der Waals surface area contributed by atoms with Crippen LogP contribution in [0.2, 0.25) is 0 Å². The number of nitrogens with one attached hydrogen (secondary N) is 1. The molecule has 10 nitrogen and oxygen atoms in total. The molecular weight excluding hydrogens is 388 g/mol. The highest BCUT2D eigenvalue weighted by atomic mass is 16.5. The number of carbonyl (C=O) groups excluding carboxylic acids is 2. The second kappa shape index (κ2) is 7.87. The van der Waals surface area contributed by atoms with E-state index in [0.29, 0.717) is 28.4 Å². The first-order valence-electron chi connectivity index (χ1n) is 8.81. The molecule has 30 heavy (non-hydrogen) atoms. The zero-order valence-electron chi connectivity index (χ0n) is 15.8. The van der Waals surface area contributed by atoms with Crippen molar-refractivity contribution in [3.05, 3.63) is 72.2 Å². The number of hydrogen-bond acceptors (Lipinski definition) is 7. The zero-order chi connectivity index (χ0) is 21.1. The molecule has 4 aromatic rings. The van der Waals surface area contributed by atoms with Crippen LogP contribution >= 0.6 is 0 Å². The summed E-state index contributed by atoms with van der Waals surface area (Å²) in [6.45, 7) is 0. The van der Waals surface area contributed by atoms with Gasteiger partial charge in [0.15, 0.2) is 5.82 Å². The molecule has 0 bridgehead atoms. The van der Waals surface area contributed by atoms with E-state index in [0.717, 1.165) is 0 Å². The molecule has 0 fully saturated rings.